The number of ether oxygens (including phenoxy) is 1. The molecule has 2 unspecified atom stereocenters. The van der Waals surface area contributed by atoms with Crippen molar-refractivity contribution in [3.8, 4) is 0 Å². The predicted octanol–water partition coefficient (Wildman–Crippen LogP) is 3.69. The number of hydrogen-bond acceptors (Lipinski definition) is 4. The van der Waals surface area contributed by atoms with Crippen LogP contribution in [0.2, 0.25) is 0 Å². The Morgan fingerprint density at radius 2 is 2.05 bits per heavy atom. The van der Waals surface area contributed by atoms with Crippen molar-refractivity contribution in [2.45, 2.75) is 38.4 Å². The molecular weight excluding hydrogens is 270 g/mol. The molecule has 0 saturated heterocycles. The van der Waals surface area contributed by atoms with Gasteiger partial charge >= 0.3 is 0 Å². The third-order valence-electron chi connectivity index (χ3n) is 3.72. The standard InChI is InChI=1S/C16H21NO2S/c1-4-16(2,19-3)15-17-13(11-20-15)10-14(18)12-8-6-5-7-9-12/h5-9,11,14,18H,4,10H2,1-3H3. The van der Waals surface area contributed by atoms with Gasteiger partial charge in [-0.05, 0) is 18.9 Å². The number of aliphatic hydroxyl groups excluding tert-OH is 1. The van der Waals surface area contributed by atoms with Crippen LogP contribution in [0.25, 0.3) is 0 Å². The average Bonchev–Trinajstić information content (AvgIpc) is 2.96. The largest absolute Gasteiger partial charge is 0.388 e. The molecule has 0 saturated carbocycles. The Morgan fingerprint density at radius 1 is 1.35 bits per heavy atom. The summed E-state index contributed by atoms with van der Waals surface area (Å²) < 4.78 is 5.56. The molecule has 0 aliphatic carbocycles. The molecule has 0 radical (unpaired) electrons. The Hall–Kier alpha value is -1.23. The first-order valence-electron chi connectivity index (χ1n) is 6.82. The minimum absolute atomic E-state index is 0.333. The fraction of sp³-hybridized carbons (Fsp3) is 0.438. The number of hydrogen-bond donors (Lipinski definition) is 1. The summed E-state index contributed by atoms with van der Waals surface area (Å²) in [6.45, 7) is 4.13. The number of thiazole rings is 1. The predicted molar refractivity (Wildman–Crippen MR) is 81.9 cm³/mol. The molecule has 0 spiro atoms. The molecule has 3 nitrogen and oxygen atoms in total. The number of rotatable bonds is 6. The van der Waals surface area contributed by atoms with Crippen LogP contribution in [0, 0.1) is 0 Å². The van der Waals surface area contributed by atoms with Crippen molar-refractivity contribution in [2.24, 2.45) is 0 Å². The van der Waals surface area contributed by atoms with Crippen LogP contribution in [0.3, 0.4) is 0 Å². The molecule has 2 atom stereocenters. The Balaban J connectivity index is 2.10. The second-order valence-electron chi connectivity index (χ2n) is 5.06. The summed E-state index contributed by atoms with van der Waals surface area (Å²) in [4.78, 5) is 4.62. The molecule has 108 valence electrons. The molecular formula is C16H21NO2S. The maximum absolute atomic E-state index is 10.2. The van der Waals surface area contributed by atoms with E-state index >= 15 is 0 Å². The van der Waals surface area contributed by atoms with E-state index in [0.29, 0.717) is 6.42 Å². The van der Waals surface area contributed by atoms with E-state index in [1.54, 1.807) is 18.4 Å². The molecule has 2 rings (SSSR count). The monoisotopic (exact) mass is 291 g/mol. The summed E-state index contributed by atoms with van der Waals surface area (Å²) in [7, 11) is 1.71. The Morgan fingerprint density at radius 3 is 2.65 bits per heavy atom. The van der Waals surface area contributed by atoms with Crippen LogP contribution in [0.1, 0.15) is 42.6 Å². The highest BCUT2D eigenvalue weighted by Gasteiger charge is 2.27. The van der Waals surface area contributed by atoms with Gasteiger partial charge in [0.25, 0.3) is 0 Å². The van der Waals surface area contributed by atoms with E-state index in [1.165, 1.54) is 0 Å². The lowest BCUT2D eigenvalue weighted by atomic mass is 10.0. The number of benzene rings is 1. The highest BCUT2D eigenvalue weighted by Crippen LogP contribution is 2.31. The Kier molecular flexibility index (Phi) is 4.91. The zero-order valence-corrected chi connectivity index (χ0v) is 13.0. The van der Waals surface area contributed by atoms with E-state index in [2.05, 4.69) is 11.9 Å². The summed E-state index contributed by atoms with van der Waals surface area (Å²) >= 11 is 1.60. The maximum Gasteiger partial charge on any atom is 0.125 e. The van der Waals surface area contributed by atoms with Crippen LogP contribution in [-0.2, 0) is 16.8 Å². The lowest BCUT2D eigenvalue weighted by Gasteiger charge is -2.23. The normalized spacial score (nSPS) is 15.8. The second kappa shape index (κ2) is 6.48. The van der Waals surface area contributed by atoms with Gasteiger partial charge in [-0.2, -0.15) is 0 Å². The SMILES string of the molecule is CCC(C)(OC)c1nc(CC(O)c2ccccc2)cs1. The molecule has 1 aromatic heterocycles. The smallest absolute Gasteiger partial charge is 0.125 e. The molecule has 0 bridgehead atoms. The van der Waals surface area contributed by atoms with Crippen LogP contribution < -0.4 is 0 Å². The first-order chi connectivity index (χ1) is 9.59. The van der Waals surface area contributed by atoms with Crippen molar-refractivity contribution in [3.05, 3.63) is 52.0 Å². The van der Waals surface area contributed by atoms with Gasteiger partial charge in [0.15, 0.2) is 0 Å². The number of aliphatic hydroxyl groups is 1. The highest BCUT2D eigenvalue weighted by atomic mass is 32.1. The molecule has 0 fully saturated rings. The molecule has 1 N–H and O–H groups in total. The van der Waals surface area contributed by atoms with Gasteiger partial charge in [-0.15, -0.1) is 11.3 Å². The van der Waals surface area contributed by atoms with Crippen molar-refractivity contribution in [3.63, 3.8) is 0 Å². The zero-order valence-electron chi connectivity index (χ0n) is 12.2. The third-order valence-corrected chi connectivity index (χ3v) is 4.85. The van der Waals surface area contributed by atoms with Crippen LogP contribution in [0.4, 0.5) is 0 Å². The molecule has 1 aromatic carbocycles. The van der Waals surface area contributed by atoms with Crippen molar-refractivity contribution < 1.29 is 9.84 Å². The van der Waals surface area contributed by atoms with Crippen LogP contribution in [-0.4, -0.2) is 17.2 Å². The molecule has 0 aliphatic heterocycles. The lowest BCUT2D eigenvalue weighted by Crippen LogP contribution is -2.23. The van der Waals surface area contributed by atoms with Crippen molar-refractivity contribution in [1.29, 1.82) is 0 Å². The van der Waals surface area contributed by atoms with Crippen LogP contribution in [0.5, 0.6) is 0 Å². The fourth-order valence-electron chi connectivity index (χ4n) is 2.02. The summed E-state index contributed by atoms with van der Waals surface area (Å²) in [5.41, 5.74) is 1.51. The Labute approximate surface area is 124 Å². The molecule has 1 heterocycles. The first kappa shape index (κ1) is 15.2. The summed E-state index contributed by atoms with van der Waals surface area (Å²) in [6, 6.07) is 9.68. The molecule has 0 amide bonds. The lowest BCUT2D eigenvalue weighted by molar-refractivity contribution is -0.00173. The van der Waals surface area contributed by atoms with Gasteiger partial charge in [-0.25, -0.2) is 4.98 Å². The van der Waals surface area contributed by atoms with Crippen molar-refractivity contribution >= 4 is 11.3 Å². The first-order valence-corrected chi connectivity index (χ1v) is 7.70. The van der Waals surface area contributed by atoms with Gasteiger partial charge in [-0.3, -0.25) is 0 Å². The van der Waals surface area contributed by atoms with Crippen molar-refractivity contribution in [2.75, 3.05) is 7.11 Å². The molecule has 4 heteroatoms. The average molecular weight is 291 g/mol. The van der Waals surface area contributed by atoms with Crippen LogP contribution in [0.15, 0.2) is 35.7 Å². The summed E-state index contributed by atoms with van der Waals surface area (Å²) in [5, 5.41) is 13.2. The van der Waals surface area contributed by atoms with Gasteiger partial charge in [0.05, 0.1) is 11.8 Å². The van der Waals surface area contributed by atoms with E-state index in [4.69, 9.17) is 4.74 Å². The van der Waals surface area contributed by atoms with E-state index in [0.717, 1.165) is 22.7 Å². The minimum atomic E-state index is -0.512. The fourth-order valence-corrected chi connectivity index (χ4v) is 3.06. The van der Waals surface area contributed by atoms with Crippen LogP contribution >= 0.6 is 11.3 Å². The Bertz CT molecular complexity index is 534. The van der Waals surface area contributed by atoms with E-state index in [1.807, 2.05) is 42.6 Å². The number of nitrogens with zero attached hydrogens (tertiary/aromatic N) is 1. The molecule has 20 heavy (non-hydrogen) atoms. The van der Waals surface area contributed by atoms with Gasteiger partial charge < -0.3 is 9.84 Å². The summed E-state index contributed by atoms with van der Waals surface area (Å²) in [5.74, 6) is 0. The maximum atomic E-state index is 10.2. The minimum Gasteiger partial charge on any atom is -0.388 e. The van der Waals surface area contributed by atoms with Gasteiger partial charge in [0.1, 0.15) is 10.6 Å². The topological polar surface area (TPSA) is 42.4 Å². The third kappa shape index (κ3) is 3.26. The van der Waals surface area contributed by atoms with E-state index < -0.39 is 6.10 Å². The van der Waals surface area contributed by atoms with E-state index in [9.17, 15) is 5.11 Å². The quantitative estimate of drug-likeness (QED) is 0.882. The second-order valence-corrected chi connectivity index (χ2v) is 5.92. The van der Waals surface area contributed by atoms with Gasteiger partial charge in [-0.1, -0.05) is 37.3 Å². The number of aromatic nitrogens is 1. The number of methoxy groups -OCH3 is 1. The van der Waals surface area contributed by atoms with Gasteiger partial charge in [0.2, 0.25) is 0 Å². The molecule has 0 aliphatic rings. The zero-order chi connectivity index (χ0) is 14.6. The van der Waals surface area contributed by atoms with Crippen molar-refractivity contribution in [1.82, 2.24) is 4.98 Å². The van der Waals surface area contributed by atoms with Gasteiger partial charge in [0, 0.05) is 18.9 Å². The van der Waals surface area contributed by atoms with E-state index in [-0.39, 0.29) is 5.60 Å². The summed E-state index contributed by atoms with van der Waals surface area (Å²) in [6.07, 6.45) is 0.892. The molecule has 2 aromatic rings. The highest BCUT2D eigenvalue weighted by molar-refractivity contribution is 7.09.